The standard InChI is InChI=1S/C19H25N5O/c1-18(2)5-7-24-8-6-19(3,4)13-10-11(9-12(18)16(13)24)14-15(17(20)25)22-23-21-14/h9-10H,5-8H2,1-4H3,(H2,20,25)(H,21,22,23). The van der Waals surface area contributed by atoms with Crippen LogP contribution in [0.1, 0.15) is 62.2 Å². The van der Waals surface area contributed by atoms with Gasteiger partial charge in [0, 0.05) is 24.3 Å². The van der Waals surface area contributed by atoms with Crippen molar-refractivity contribution in [1.29, 1.82) is 0 Å². The highest BCUT2D eigenvalue weighted by molar-refractivity contribution is 5.97. The van der Waals surface area contributed by atoms with Crippen LogP contribution in [0.15, 0.2) is 12.1 Å². The van der Waals surface area contributed by atoms with Crippen LogP contribution in [0, 0.1) is 0 Å². The Labute approximate surface area is 147 Å². The summed E-state index contributed by atoms with van der Waals surface area (Å²) in [7, 11) is 0. The summed E-state index contributed by atoms with van der Waals surface area (Å²) in [6.45, 7) is 11.4. The number of hydrogen-bond donors (Lipinski definition) is 2. The molecule has 2 aliphatic rings. The zero-order valence-corrected chi connectivity index (χ0v) is 15.3. The second kappa shape index (κ2) is 5.07. The number of nitrogens with two attached hydrogens (primary N) is 1. The Hall–Kier alpha value is -2.37. The van der Waals surface area contributed by atoms with Crippen LogP contribution in [0.3, 0.4) is 0 Å². The summed E-state index contributed by atoms with van der Waals surface area (Å²) in [5.41, 5.74) is 11.3. The first-order valence-corrected chi connectivity index (χ1v) is 8.86. The van der Waals surface area contributed by atoms with Gasteiger partial charge in [-0.25, -0.2) is 0 Å². The highest BCUT2D eigenvalue weighted by Crippen LogP contribution is 2.50. The Balaban J connectivity index is 2.01. The third kappa shape index (κ3) is 2.34. The number of carbonyl (C=O) groups excluding carboxylic acids is 1. The van der Waals surface area contributed by atoms with Gasteiger partial charge in [-0.05, 0) is 46.9 Å². The highest BCUT2D eigenvalue weighted by atomic mass is 16.1. The maximum Gasteiger partial charge on any atom is 0.271 e. The predicted octanol–water partition coefficient (Wildman–Crippen LogP) is 2.74. The van der Waals surface area contributed by atoms with Gasteiger partial charge in [-0.15, -0.1) is 0 Å². The van der Waals surface area contributed by atoms with Gasteiger partial charge in [0.05, 0.1) is 0 Å². The molecule has 2 aliphatic heterocycles. The molecule has 132 valence electrons. The average molecular weight is 339 g/mol. The SMILES string of the molecule is CC1(C)CCN2CCC(C)(C)c3cc(-c4n[nH]nc4C(N)=O)cc1c32. The van der Waals surface area contributed by atoms with Crippen molar-refractivity contribution in [3.8, 4) is 11.3 Å². The third-order valence-corrected chi connectivity index (χ3v) is 5.95. The van der Waals surface area contributed by atoms with Gasteiger partial charge in [-0.1, -0.05) is 27.7 Å². The van der Waals surface area contributed by atoms with Crippen molar-refractivity contribution in [2.24, 2.45) is 5.73 Å². The van der Waals surface area contributed by atoms with Crippen molar-refractivity contribution in [1.82, 2.24) is 15.4 Å². The zero-order valence-electron chi connectivity index (χ0n) is 15.3. The molecule has 6 nitrogen and oxygen atoms in total. The molecule has 1 aromatic heterocycles. The molecule has 25 heavy (non-hydrogen) atoms. The van der Waals surface area contributed by atoms with Crippen molar-refractivity contribution < 1.29 is 4.79 Å². The quantitative estimate of drug-likeness (QED) is 0.880. The third-order valence-electron chi connectivity index (χ3n) is 5.95. The first-order valence-electron chi connectivity index (χ1n) is 8.86. The van der Waals surface area contributed by atoms with Crippen molar-refractivity contribution in [2.75, 3.05) is 18.0 Å². The molecular formula is C19H25N5O. The van der Waals surface area contributed by atoms with E-state index in [1.165, 1.54) is 16.8 Å². The van der Waals surface area contributed by atoms with Crippen LogP contribution >= 0.6 is 0 Å². The molecule has 0 unspecified atom stereocenters. The summed E-state index contributed by atoms with van der Waals surface area (Å²) in [6, 6.07) is 4.35. The molecule has 6 heteroatoms. The molecule has 1 amide bonds. The van der Waals surface area contributed by atoms with E-state index >= 15 is 0 Å². The van der Waals surface area contributed by atoms with Crippen LogP contribution in [0.5, 0.6) is 0 Å². The monoisotopic (exact) mass is 339 g/mol. The predicted molar refractivity (Wildman–Crippen MR) is 97.8 cm³/mol. The van der Waals surface area contributed by atoms with E-state index in [4.69, 9.17) is 5.73 Å². The number of anilines is 1. The number of benzene rings is 1. The molecule has 3 N–H and O–H groups in total. The van der Waals surface area contributed by atoms with Gasteiger partial charge < -0.3 is 10.6 Å². The molecule has 4 rings (SSSR count). The Morgan fingerprint density at radius 1 is 1.08 bits per heavy atom. The summed E-state index contributed by atoms with van der Waals surface area (Å²) in [4.78, 5) is 14.2. The van der Waals surface area contributed by atoms with Crippen molar-refractivity contribution in [3.63, 3.8) is 0 Å². The minimum atomic E-state index is -0.560. The molecule has 3 heterocycles. The van der Waals surface area contributed by atoms with Crippen LogP contribution in [0.4, 0.5) is 5.69 Å². The summed E-state index contributed by atoms with van der Waals surface area (Å²) in [5.74, 6) is -0.560. The molecule has 0 radical (unpaired) electrons. The lowest BCUT2D eigenvalue weighted by Gasteiger charge is -2.48. The highest BCUT2D eigenvalue weighted by Gasteiger charge is 2.40. The maximum atomic E-state index is 11.7. The van der Waals surface area contributed by atoms with Gasteiger partial charge in [0.2, 0.25) is 0 Å². The van der Waals surface area contributed by atoms with Gasteiger partial charge in [0.15, 0.2) is 5.69 Å². The lowest BCUT2D eigenvalue weighted by atomic mass is 9.69. The second-order valence-corrected chi connectivity index (χ2v) is 8.56. The van der Waals surface area contributed by atoms with Crippen LogP contribution in [-0.4, -0.2) is 34.4 Å². The van der Waals surface area contributed by atoms with Gasteiger partial charge in [-0.2, -0.15) is 15.4 Å². The molecule has 2 aromatic rings. The Kier molecular flexibility index (Phi) is 3.27. The normalized spacial score (nSPS) is 20.2. The second-order valence-electron chi connectivity index (χ2n) is 8.56. The zero-order chi connectivity index (χ0) is 18.0. The van der Waals surface area contributed by atoms with E-state index in [0.29, 0.717) is 5.69 Å². The number of nitrogens with zero attached hydrogens (tertiary/aromatic N) is 3. The molecular weight excluding hydrogens is 314 g/mol. The number of amides is 1. The van der Waals surface area contributed by atoms with Gasteiger partial charge in [0.25, 0.3) is 5.91 Å². The summed E-state index contributed by atoms with van der Waals surface area (Å²) in [6.07, 6.45) is 2.23. The van der Waals surface area contributed by atoms with Crippen LogP contribution in [0.25, 0.3) is 11.3 Å². The van der Waals surface area contributed by atoms with E-state index in [-0.39, 0.29) is 16.5 Å². The minimum Gasteiger partial charge on any atom is -0.371 e. The van der Waals surface area contributed by atoms with Gasteiger partial charge in [-0.3, -0.25) is 4.79 Å². The Morgan fingerprint density at radius 2 is 1.64 bits per heavy atom. The largest absolute Gasteiger partial charge is 0.371 e. The lowest BCUT2D eigenvalue weighted by Crippen LogP contribution is -2.44. The van der Waals surface area contributed by atoms with Crippen LogP contribution in [0.2, 0.25) is 0 Å². The number of aromatic amines is 1. The molecule has 0 saturated heterocycles. The molecule has 0 saturated carbocycles. The number of rotatable bonds is 2. The average Bonchev–Trinajstić information content (AvgIpc) is 3.02. The molecule has 0 bridgehead atoms. The van der Waals surface area contributed by atoms with Crippen molar-refractivity contribution >= 4 is 11.6 Å². The Morgan fingerprint density at radius 3 is 2.16 bits per heavy atom. The van der Waals surface area contributed by atoms with Crippen LogP contribution < -0.4 is 10.6 Å². The fourth-order valence-corrected chi connectivity index (χ4v) is 4.18. The smallest absolute Gasteiger partial charge is 0.271 e. The lowest BCUT2D eigenvalue weighted by molar-refractivity contribution is 0.0996. The fraction of sp³-hybridized carbons (Fsp3) is 0.526. The number of nitrogens with one attached hydrogen (secondary N) is 1. The first-order chi connectivity index (χ1) is 11.7. The van der Waals surface area contributed by atoms with E-state index in [9.17, 15) is 4.79 Å². The van der Waals surface area contributed by atoms with Gasteiger partial charge >= 0.3 is 0 Å². The molecule has 0 fully saturated rings. The maximum absolute atomic E-state index is 11.7. The molecule has 0 aliphatic carbocycles. The summed E-state index contributed by atoms with van der Waals surface area (Å²) < 4.78 is 0. The van der Waals surface area contributed by atoms with Gasteiger partial charge in [0.1, 0.15) is 5.69 Å². The Bertz CT molecular complexity index is 823. The topological polar surface area (TPSA) is 87.9 Å². The summed E-state index contributed by atoms with van der Waals surface area (Å²) in [5, 5.41) is 10.7. The number of aromatic nitrogens is 3. The number of hydrogen-bond acceptors (Lipinski definition) is 4. The molecule has 0 spiro atoms. The first kappa shape index (κ1) is 16.1. The molecule has 1 aromatic carbocycles. The molecule has 0 atom stereocenters. The minimum absolute atomic E-state index is 0.0840. The summed E-state index contributed by atoms with van der Waals surface area (Å²) >= 11 is 0. The van der Waals surface area contributed by atoms with E-state index in [1.54, 1.807) is 0 Å². The van der Waals surface area contributed by atoms with Crippen molar-refractivity contribution in [3.05, 3.63) is 29.0 Å². The number of H-pyrrole nitrogens is 1. The van der Waals surface area contributed by atoms with Crippen LogP contribution in [-0.2, 0) is 10.8 Å². The number of carbonyl (C=O) groups is 1. The van der Waals surface area contributed by atoms with E-state index in [2.05, 4.69) is 60.1 Å². The fourth-order valence-electron chi connectivity index (χ4n) is 4.18. The van der Waals surface area contributed by atoms with E-state index in [0.717, 1.165) is 31.5 Å². The van der Waals surface area contributed by atoms with E-state index in [1.807, 2.05) is 0 Å². The van der Waals surface area contributed by atoms with E-state index < -0.39 is 5.91 Å². The van der Waals surface area contributed by atoms with Crippen molar-refractivity contribution in [2.45, 2.75) is 51.4 Å². The number of primary amides is 1.